The van der Waals surface area contributed by atoms with Gasteiger partial charge in [-0.15, -0.1) is 0 Å². The number of carbonyl (C=O) groups excluding carboxylic acids is 1. The molecule has 0 spiro atoms. The van der Waals surface area contributed by atoms with Crippen LogP contribution < -0.4 is 10.9 Å². The number of ether oxygens (including phenoxy) is 2. The summed E-state index contributed by atoms with van der Waals surface area (Å²) in [6, 6.07) is 18.8. The van der Waals surface area contributed by atoms with Crippen LogP contribution in [-0.2, 0) is 9.47 Å². The van der Waals surface area contributed by atoms with Crippen LogP contribution in [0.2, 0.25) is 0 Å². The van der Waals surface area contributed by atoms with Crippen molar-refractivity contribution in [2.45, 2.75) is 25.6 Å². The van der Waals surface area contributed by atoms with Gasteiger partial charge in [0, 0.05) is 17.7 Å². The number of hydrogen-bond acceptors (Lipinski definition) is 5. The number of nitrogens with one attached hydrogen (secondary N) is 2. The topological polar surface area (TPSA) is 93.3 Å². The highest BCUT2D eigenvalue weighted by molar-refractivity contribution is 6.03. The number of aromatic nitrogens is 2. The largest absolute Gasteiger partial charge is 0.371 e. The highest BCUT2D eigenvalue weighted by Crippen LogP contribution is 2.31. The third kappa shape index (κ3) is 4.73. The maximum absolute atomic E-state index is 13.2. The molecule has 1 saturated heterocycles. The van der Waals surface area contributed by atoms with Crippen LogP contribution in [0.15, 0.2) is 65.5 Å². The molecule has 0 saturated carbocycles. The molecule has 2 N–H and O–H groups in total. The number of amides is 1. The third-order valence-corrected chi connectivity index (χ3v) is 5.14. The summed E-state index contributed by atoms with van der Waals surface area (Å²) in [6.45, 7) is 4.97. The van der Waals surface area contributed by atoms with Crippen LogP contribution in [0.3, 0.4) is 0 Å². The van der Waals surface area contributed by atoms with Crippen LogP contribution in [0, 0.1) is 0 Å². The molecule has 1 fully saturated rings. The van der Waals surface area contributed by atoms with Gasteiger partial charge in [-0.2, -0.15) is 5.10 Å². The van der Waals surface area contributed by atoms with Crippen LogP contribution in [0.1, 0.15) is 24.2 Å². The van der Waals surface area contributed by atoms with E-state index in [4.69, 9.17) is 9.47 Å². The summed E-state index contributed by atoms with van der Waals surface area (Å²) < 4.78 is 11.5. The predicted molar refractivity (Wildman–Crippen MR) is 118 cm³/mol. The highest BCUT2D eigenvalue weighted by Gasteiger charge is 2.29. The van der Waals surface area contributed by atoms with E-state index in [2.05, 4.69) is 15.5 Å². The van der Waals surface area contributed by atoms with Crippen molar-refractivity contribution in [3.63, 3.8) is 0 Å². The Balaban J connectivity index is 1.68. The average molecular weight is 419 g/mol. The van der Waals surface area contributed by atoms with E-state index < -0.39 is 11.5 Å². The standard InChI is InChI=1S/C24H25N3O4/c1-24(2)15-30-18(14-31-24)13-25-22(28)20-19(16-9-5-3-6-10-16)21(26-27-23(20)29)17-11-7-4-8-12-17/h3-12,18H,13-15H2,1-2H3,(H,25,28)(H,27,29). The van der Waals surface area contributed by atoms with E-state index >= 15 is 0 Å². The van der Waals surface area contributed by atoms with Crippen molar-refractivity contribution in [2.24, 2.45) is 0 Å². The van der Waals surface area contributed by atoms with E-state index in [-0.39, 0.29) is 23.8 Å². The fourth-order valence-corrected chi connectivity index (χ4v) is 3.50. The summed E-state index contributed by atoms with van der Waals surface area (Å²) in [5.74, 6) is -0.479. The lowest BCUT2D eigenvalue weighted by atomic mass is 9.95. The summed E-state index contributed by atoms with van der Waals surface area (Å²) in [5.41, 5.74) is 1.72. The van der Waals surface area contributed by atoms with Gasteiger partial charge in [-0.25, -0.2) is 5.10 Å². The first-order valence-electron chi connectivity index (χ1n) is 10.2. The molecule has 3 aromatic rings. The predicted octanol–water partition coefficient (Wildman–Crippen LogP) is 3.03. The molecule has 0 bridgehead atoms. The normalized spacial score (nSPS) is 17.8. The van der Waals surface area contributed by atoms with Crippen molar-refractivity contribution >= 4 is 5.91 Å². The summed E-state index contributed by atoms with van der Waals surface area (Å²) in [5, 5.41) is 9.59. The molecular formula is C24H25N3O4. The molecule has 2 aromatic carbocycles. The molecule has 1 aliphatic rings. The van der Waals surface area contributed by atoms with E-state index in [0.717, 1.165) is 11.1 Å². The van der Waals surface area contributed by atoms with Gasteiger partial charge >= 0.3 is 0 Å². The minimum absolute atomic E-state index is 0.0251. The minimum Gasteiger partial charge on any atom is -0.371 e. The Morgan fingerprint density at radius 3 is 2.35 bits per heavy atom. The van der Waals surface area contributed by atoms with Crippen LogP contribution in [0.25, 0.3) is 22.4 Å². The minimum atomic E-state index is -0.544. The molecule has 0 radical (unpaired) electrons. The number of aromatic amines is 1. The second kappa shape index (κ2) is 8.83. The van der Waals surface area contributed by atoms with Gasteiger partial charge in [-0.1, -0.05) is 60.7 Å². The van der Waals surface area contributed by atoms with Crippen molar-refractivity contribution < 1.29 is 14.3 Å². The number of rotatable bonds is 5. The highest BCUT2D eigenvalue weighted by atomic mass is 16.6. The summed E-state index contributed by atoms with van der Waals surface area (Å²) in [4.78, 5) is 25.9. The van der Waals surface area contributed by atoms with Crippen LogP contribution in [0.4, 0.5) is 0 Å². The first-order valence-corrected chi connectivity index (χ1v) is 10.2. The lowest BCUT2D eigenvalue weighted by molar-refractivity contribution is -0.172. The molecule has 2 heterocycles. The van der Waals surface area contributed by atoms with Crippen molar-refractivity contribution in [3.05, 3.63) is 76.6 Å². The molecule has 7 nitrogen and oxygen atoms in total. The molecule has 31 heavy (non-hydrogen) atoms. The molecular weight excluding hydrogens is 394 g/mol. The summed E-state index contributed by atoms with van der Waals surface area (Å²) in [6.07, 6.45) is -0.272. The Kier molecular flexibility index (Phi) is 5.97. The summed E-state index contributed by atoms with van der Waals surface area (Å²) >= 11 is 0. The van der Waals surface area contributed by atoms with Crippen molar-refractivity contribution in [2.75, 3.05) is 19.8 Å². The van der Waals surface area contributed by atoms with Gasteiger partial charge in [0.2, 0.25) is 0 Å². The van der Waals surface area contributed by atoms with Gasteiger partial charge in [-0.05, 0) is 19.4 Å². The first kappa shape index (κ1) is 21.0. The fraction of sp³-hybridized carbons (Fsp3) is 0.292. The van der Waals surface area contributed by atoms with E-state index in [1.54, 1.807) is 0 Å². The van der Waals surface area contributed by atoms with Crippen molar-refractivity contribution in [1.29, 1.82) is 0 Å². The van der Waals surface area contributed by atoms with Gasteiger partial charge in [0.1, 0.15) is 5.56 Å². The molecule has 1 unspecified atom stereocenters. The third-order valence-electron chi connectivity index (χ3n) is 5.14. The molecule has 1 atom stereocenters. The number of carbonyl (C=O) groups is 1. The Morgan fingerprint density at radius 1 is 1.10 bits per heavy atom. The van der Waals surface area contributed by atoms with Gasteiger partial charge < -0.3 is 14.8 Å². The molecule has 0 aliphatic carbocycles. The smallest absolute Gasteiger partial charge is 0.277 e. The van der Waals surface area contributed by atoms with Gasteiger partial charge in [-0.3, -0.25) is 9.59 Å². The van der Waals surface area contributed by atoms with Crippen molar-refractivity contribution in [3.8, 4) is 22.4 Å². The van der Waals surface area contributed by atoms with E-state index in [0.29, 0.717) is 24.5 Å². The zero-order valence-electron chi connectivity index (χ0n) is 17.6. The number of hydrogen-bond donors (Lipinski definition) is 2. The Hall–Kier alpha value is -3.29. The zero-order chi connectivity index (χ0) is 21.8. The van der Waals surface area contributed by atoms with Gasteiger partial charge in [0.25, 0.3) is 11.5 Å². The van der Waals surface area contributed by atoms with Gasteiger partial charge in [0.05, 0.1) is 30.6 Å². The first-order chi connectivity index (χ1) is 14.9. The van der Waals surface area contributed by atoms with E-state index in [9.17, 15) is 9.59 Å². The second-order valence-electron chi connectivity index (χ2n) is 8.10. The Bertz CT molecular complexity index is 1100. The lowest BCUT2D eigenvalue weighted by Gasteiger charge is -2.34. The number of benzene rings is 2. The monoisotopic (exact) mass is 419 g/mol. The van der Waals surface area contributed by atoms with Crippen LogP contribution >= 0.6 is 0 Å². The van der Waals surface area contributed by atoms with E-state index in [1.165, 1.54) is 0 Å². The molecule has 4 rings (SSSR count). The van der Waals surface area contributed by atoms with Crippen LogP contribution in [0.5, 0.6) is 0 Å². The Labute approximate surface area is 180 Å². The number of H-pyrrole nitrogens is 1. The average Bonchev–Trinajstić information content (AvgIpc) is 2.79. The second-order valence-corrected chi connectivity index (χ2v) is 8.10. The summed E-state index contributed by atoms with van der Waals surface area (Å²) in [7, 11) is 0. The molecule has 1 aliphatic heterocycles. The maximum Gasteiger partial charge on any atom is 0.277 e. The van der Waals surface area contributed by atoms with E-state index in [1.807, 2.05) is 74.5 Å². The number of nitrogens with zero attached hydrogens (tertiary/aromatic N) is 1. The lowest BCUT2D eigenvalue weighted by Crippen LogP contribution is -2.47. The van der Waals surface area contributed by atoms with Gasteiger partial charge in [0.15, 0.2) is 0 Å². The SMILES string of the molecule is CC1(C)COC(CNC(=O)c2c(-c3ccccc3)c(-c3ccccc3)n[nH]c2=O)CO1. The maximum atomic E-state index is 13.2. The molecule has 160 valence electrons. The fourth-order valence-electron chi connectivity index (χ4n) is 3.50. The molecule has 7 heteroatoms. The molecule has 1 amide bonds. The quantitative estimate of drug-likeness (QED) is 0.663. The molecule has 1 aromatic heterocycles. The van der Waals surface area contributed by atoms with Crippen molar-refractivity contribution in [1.82, 2.24) is 15.5 Å². The van der Waals surface area contributed by atoms with Crippen LogP contribution in [-0.4, -0.2) is 47.6 Å². The Morgan fingerprint density at radius 2 is 1.74 bits per heavy atom. The zero-order valence-corrected chi connectivity index (χ0v) is 17.6.